The first kappa shape index (κ1) is 17.0. The molecule has 0 amide bonds. The van der Waals surface area contributed by atoms with Gasteiger partial charge in [0.1, 0.15) is 5.41 Å². The summed E-state index contributed by atoms with van der Waals surface area (Å²) in [7, 11) is -3.86. The van der Waals surface area contributed by atoms with Crippen LogP contribution in [0.4, 0.5) is 0 Å². The van der Waals surface area contributed by atoms with Gasteiger partial charge in [0.2, 0.25) is 0 Å². The Hall–Kier alpha value is -1.89. The SMILES string of the molecule is NCC1(C(=O)O)C(c2ccccc2)C1S(=O)(=O)c1ccc(Cl)cc1. The van der Waals surface area contributed by atoms with E-state index in [9.17, 15) is 18.3 Å². The highest BCUT2D eigenvalue weighted by molar-refractivity contribution is 7.92. The van der Waals surface area contributed by atoms with Gasteiger partial charge >= 0.3 is 5.97 Å². The van der Waals surface area contributed by atoms with Crippen LogP contribution in [-0.4, -0.2) is 31.3 Å². The van der Waals surface area contributed by atoms with Gasteiger partial charge in [0, 0.05) is 17.5 Å². The summed E-state index contributed by atoms with van der Waals surface area (Å²) in [6.45, 7) is -0.251. The number of carboxylic acids is 1. The average Bonchev–Trinajstić information content (AvgIpc) is 3.28. The molecule has 3 rings (SSSR count). The second kappa shape index (κ2) is 5.88. The lowest BCUT2D eigenvalue weighted by Gasteiger charge is -2.10. The van der Waals surface area contributed by atoms with Gasteiger partial charge in [-0.25, -0.2) is 8.42 Å². The number of aliphatic carboxylic acids is 1. The highest BCUT2D eigenvalue weighted by atomic mass is 35.5. The van der Waals surface area contributed by atoms with Crippen molar-refractivity contribution < 1.29 is 18.3 Å². The number of nitrogens with two attached hydrogens (primary N) is 1. The second-order valence-electron chi connectivity index (χ2n) is 5.86. The van der Waals surface area contributed by atoms with Crippen molar-refractivity contribution in [2.45, 2.75) is 16.1 Å². The lowest BCUT2D eigenvalue weighted by atomic mass is 9.99. The molecule has 24 heavy (non-hydrogen) atoms. The molecule has 1 aliphatic rings. The van der Waals surface area contributed by atoms with E-state index in [1.807, 2.05) is 0 Å². The molecule has 0 bridgehead atoms. The third kappa shape index (κ3) is 2.42. The Morgan fingerprint density at radius 1 is 1.12 bits per heavy atom. The van der Waals surface area contributed by atoms with E-state index in [1.165, 1.54) is 24.3 Å². The fourth-order valence-corrected chi connectivity index (χ4v) is 5.86. The van der Waals surface area contributed by atoms with Gasteiger partial charge in [0.15, 0.2) is 9.84 Å². The number of hydrogen-bond donors (Lipinski definition) is 2. The quantitative estimate of drug-likeness (QED) is 0.847. The van der Waals surface area contributed by atoms with E-state index in [0.29, 0.717) is 10.6 Å². The van der Waals surface area contributed by atoms with Crippen LogP contribution in [0.25, 0.3) is 0 Å². The van der Waals surface area contributed by atoms with Crippen molar-refractivity contribution in [2.75, 3.05) is 6.54 Å². The molecule has 0 radical (unpaired) electrons. The molecule has 0 aliphatic heterocycles. The van der Waals surface area contributed by atoms with Gasteiger partial charge < -0.3 is 10.8 Å². The van der Waals surface area contributed by atoms with Crippen LogP contribution >= 0.6 is 11.6 Å². The van der Waals surface area contributed by atoms with Crippen molar-refractivity contribution >= 4 is 27.4 Å². The van der Waals surface area contributed by atoms with Gasteiger partial charge in [-0.1, -0.05) is 41.9 Å². The summed E-state index contributed by atoms with van der Waals surface area (Å²) in [4.78, 5) is 11.9. The summed E-state index contributed by atoms with van der Waals surface area (Å²) in [6.07, 6.45) is 0. The molecule has 126 valence electrons. The first-order valence-electron chi connectivity index (χ1n) is 7.33. The minimum absolute atomic E-state index is 0.0504. The molecule has 0 aromatic heterocycles. The zero-order chi connectivity index (χ0) is 17.5. The molecule has 0 saturated heterocycles. The van der Waals surface area contributed by atoms with Crippen molar-refractivity contribution in [3.05, 3.63) is 65.2 Å². The Balaban J connectivity index is 2.11. The van der Waals surface area contributed by atoms with Crippen LogP contribution in [-0.2, 0) is 14.6 Å². The summed E-state index contributed by atoms with van der Waals surface area (Å²) in [5.74, 6) is -1.87. The molecular weight excluding hydrogens is 350 g/mol. The van der Waals surface area contributed by atoms with Crippen molar-refractivity contribution in [1.29, 1.82) is 0 Å². The van der Waals surface area contributed by atoms with Crippen LogP contribution in [0, 0.1) is 5.41 Å². The maximum atomic E-state index is 13.0. The largest absolute Gasteiger partial charge is 0.481 e. The van der Waals surface area contributed by atoms with E-state index in [4.69, 9.17) is 17.3 Å². The lowest BCUT2D eigenvalue weighted by molar-refractivity contribution is -0.143. The van der Waals surface area contributed by atoms with Gasteiger partial charge in [0.25, 0.3) is 0 Å². The second-order valence-corrected chi connectivity index (χ2v) is 8.36. The van der Waals surface area contributed by atoms with Crippen molar-refractivity contribution in [1.82, 2.24) is 0 Å². The van der Waals surface area contributed by atoms with E-state index in [1.54, 1.807) is 30.3 Å². The Morgan fingerprint density at radius 3 is 2.21 bits per heavy atom. The predicted octanol–water partition coefficient (Wildman–Crippen LogP) is 2.31. The third-order valence-electron chi connectivity index (χ3n) is 4.63. The monoisotopic (exact) mass is 365 g/mol. The van der Waals surface area contributed by atoms with Gasteiger partial charge in [-0.05, 0) is 29.8 Å². The van der Waals surface area contributed by atoms with E-state index >= 15 is 0 Å². The Morgan fingerprint density at radius 2 is 1.71 bits per heavy atom. The van der Waals surface area contributed by atoms with E-state index in [0.717, 1.165) is 0 Å². The average molecular weight is 366 g/mol. The maximum absolute atomic E-state index is 13.0. The summed E-state index contributed by atoms with van der Waals surface area (Å²) in [5.41, 5.74) is 4.87. The molecule has 1 saturated carbocycles. The summed E-state index contributed by atoms with van der Waals surface area (Å²) >= 11 is 5.81. The lowest BCUT2D eigenvalue weighted by Crippen LogP contribution is -2.31. The van der Waals surface area contributed by atoms with E-state index in [2.05, 4.69) is 0 Å². The number of carboxylic acid groups (broad SMARTS) is 1. The van der Waals surface area contributed by atoms with Crippen molar-refractivity contribution in [3.63, 3.8) is 0 Å². The molecule has 7 heteroatoms. The first-order chi connectivity index (χ1) is 11.4. The molecule has 3 atom stereocenters. The molecule has 1 aliphatic carbocycles. The van der Waals surface area contributed by atoms with E-state index < -0.39 is 32.4 Å². The molecule has 2 aromatic rings. The highest BCUT2D eigenvalue weighted by Crippen LogP contribution is 2.63. The number of halogens is 1. The number of benzene rings is 2. The van der Waals surface area contributed by atoms with E-state index in [-0.39, 0.29) is 11.4 Å². The van der Waals surface area contributed by atoms with Gasteiger partial charge in [-0.3, -0.25) is 4.79 Å². The van der Waals surface area contributed by atoms with Gasteiger partial charge in [0.05, 0.1) is 10.1 Å². The number of rotatable bonds is 5. The smallest absolute Gasteiger partial charge is 0.312 e. The Labute approximate surface area is 145 Å². The van der Waals surface area contributed by atoms with Crippen molar-refractivity contribution in [2.24, 2.45) is 11.1 Å². The van der Waals surface area contributed by atoms with Crippen molar-refractivity contribution in [3.8, 4) is 0 Å². The van der Waals surface area contributed by atoms with Crippen LogP contribution in [0.5, 0.6) is 0 Å². The molecule has 3 N–H and O–H groups in total. The molecular formula is C17H16ClNO4S. The standard InChI is InChI=1S/C17H16ClNO4S/c18-12-6-8-13(9-7-12)24(22,23)15-14(11-4-2-1-3-5-11)17(15,10-19)16(20)21/h1-9,14-15H,10,19H2,(H,20,21). The van der Waals surface area contributed by atoms with Crippen LogP contribution in [0.15, 0.2) is 59.5 Å². The highest BCUT2D eigenvalue weighted by Gasteiger charge is 2.75. The normalized spacial score (nSPS) is 26.1. The molecule has 2 aromatic carbocycles. The summed E-state index contributed by atoms with van der Waals surface area (Å²) < 4.78 is 26.0. The minimum atomic E-state index is -3.86. The third-order valence-corrected chi connectivity index (χ3v) is 7.17. The zero-order valence-corrected chi connectivity index (χ0v) is 14.2. The number of sulfone groups is 1. The topological polar surface area (TPSA) is 97.5 Å². The van der Waals surface area contributed by atoms with Gasteiger partial charge in [-0.2, -0.15) is 0 Å². The maximum Gasteiger partial charge on any atom is 0.312 e. The van der Waals surface area contributed by atoms with Gasteiger partial charge in [-0.15, -0.1) is 0 Å². The van der Waals surface area contributed by atoms with Crippen LogP contribution in [0.1, 0.15) is 11.5 Å². The fraction of sp³-hybridized carbons (Fsp3) is 0.235. The molecule has 5 nitrogen and oxygen atoms in total. The van der Waals surface area contributed by atoms with Crippen LogP contribution in [0.2, 0.25) is 5.02 Å². The number of carbonyl (C=O) groups is 1. The minimum Gasteiger partial charge on any atom is -0.481 e. The molecule has 0 spiro atoms. The first-order valence-corrected chi connectivity index (χ1v) is 9.26. The fourth-order valence-electron chi connectivity index (χ4n) is 3.35. The molecule has 0 heterocycles. The number of hydrogen-bond acceptors (Lipinski definition) is 4. The Kier molecular flexibility index (Phi) is 4.15. The zero-order valence-electron chi connectivity index (χ0n) is 12.6. The molecule has 3 unspecified atom stereocenters. The summed E-state index contributed by atoms with van der Waals surface area (Å²) in [5, 5.41) is 9.00. The Bertz CT molecular complexity index is 867. The predicted molar refractivity (Wildman–Crippen MR) is 90.7 cm³/mol. The summed E-state index contributed by atoms with van der Waals surface area (Å²) in [6, 6.07) is 14.5. The van der Waals surface area contributed by atoms with Crippen LogP contribution < -0.4 is 5.73 Å². The molecule has 1 fully saturated rings. The van der Waals surface area contributed by atoms with Crippen LogP contribution in [0.3, 0.4) is 0 Å².